The lowest BCUT2D eigenvalue weighted by molar-refractivity contribution is -0.114. The van der Waals surface area contributed by atoms with Crippen LogP contribution in [0.1, 0.15) is 17.3 Å². The van der Waals surface area contributed by atoms with Gasteiger partial charge in [-0.3, -0.25) is 19.0 Å². The highest BCUT2D eigenvalue weighted by molar-refractivity contribution is 9.10. The molecule has 150 valence electrons. The van der Waals surface area contributed by atoms with Gasteiger partial charge in [-0.25, -0.2) is 4.98 Å². The van der Waals surface area contributed by atoms with Crippen molar-refractivity contribution < 1.29 is 9.59 Å². The molecule has 0 atom stereocenters. The number of aromatic nitrogens is 2. The van der Waals surface area contributed by atoms with E-state index in [1.54, 1.807) is 24.3 Å². The number of carbonyl (C=O) groups is 2. The van der Waals surface area contributed by atoms with Crippen LogP contribution in [0.3, 0.4) is 0 Å². The molecule has 2 aromatic heterocycles. The molecule has 1 amide bonds. The average Bonchev–Trinajstić information content (AvgIpc) is 3.15. The van der Waals surface area contributed by atoms with E-state index in [1.807, 2.05) is 29.6 Å². The lowest BCUT2D eigenvalue weighted by Gasteiger charge is -2.07. The lowest BCUT2D eigenvalue weighted by atomic mass is 10.1. The van der Waals surface area contributed by atoms with E-state index >= 15 is 0 Å². The van der Waals surface area contributed by atoms with Crippen LogP contribution in [0.2, 0.25) is 0 Å². The van der Waals surface area contributed by atoms with E-state index in [0.717, 1.165) is 15.6 Å². The number of anilines is 1. The standard InChI is InChI=1S/C22H16BrN3O3S/c1-13(27)25-17-8-4-15(5-9-17)19(28)10-26-12-24-21-20(22(26)29)18(11-30-21)14-2-6-16(23)7-3-14/h2-9,11-12H,10H2,1H3,(H,25,27). The number of hydrogen-bond acceptors (Lipinski definition) is 5. The van der Waals surface area contributed by atoms with Crippen LogP contribution in [0.15, 0.2) is 69.5 Å². The number of nitrogens with one attached hydrogen (secondary N) is 1. The summed E-state index contributed by atoms with van der Waals surface area (Å²) in [4.78, 5) is 41.9. The van der Waals surface area contributed by atoms with Gasteiger partial charge in [0.1, 0.15) is 4.83 Å². The molecule has 4 rings (SSSR count). The van der Waals surface area contributed by atoms with Crippen LogP contribution in [0.5, 0.6) is 0 Å². The molecule has 0 aliphatic rings. The molecule has 0 unspecified atom stereocenters. The Morgan fingerprint density at radius 1 is 1.10 bits per heavy atom. The molecular formula is C22H16BrN3O3S. The smallest absolute Gasteiger partial charge is 0.263 e. The number of carbonyl (C=O) groups excluding carboxylic acids is 2. The Labute approximate surface area is 184 Å². The molecule has 0 bridgehead atoms. The predicted octanol–water partition coefficient (Wildman–Crippen LogP) is 4.73. The number of nitrogens with zero attached hydrogens (tertiary/aromatic N) is 2. The van der Waals surface area contributed by atoms with Crippen LogP contribution in [-0.4, -0.2) is 21.2 Å². The third-order valence-corrected chi connectivity index (χ3v) is 5.97. The van der Waals surface area contributed by atoms with Gasteiger partial charge in [-0.2, -0.15) is 0 Å². The molecule has 4 aromatic rings. The fraction of sp³-hybridized carbons (Fsp3) is 0.0909. The van der Waals surface area contributed by atoms with E-state index in [9.17, 15) is 14.4 Å². The van der Waals surface area contributed by atoms with Crippen molar-refractivity contribution in [3.63, 3.8) is 0 Å². The molecular weight excluding hydrogens is 466 g/mol. The van der Waals surface area contributed by atoms with Crippen molar-refractivity contribution in [2.45, 2.75) is 13.5 Å². The first kappa shape index (κ1) is 20.2. The SMILES string of the molecule is CC(=O)Nc1ccc(C(=O)Cn2cnc3scc(-c4ccc(Br)cc4)c3c2=O)cc1. The molecule has 0 radical (unpaired) electrons. The van der Waals surface area contributed by atoms with Crippen molar-refractivity contribution in [1.29, 1.82) is 0 Å². The first-order chi connectivity index (χ1) is 14.4. The van der Waals surface area contributed by atoms with Crippen molar-refractivity contribution in [3.05, 3.63) is 80.6 Å². The Morgan fingerprint density at radius 2 is 1.80 bits per heavy atom. The normalized spacial score (nSPS) is 10.9. The fourth-order valence-corrected chi connectivity index (χ4v) is 4.28. The van der Waals surface area contributed by atoms with Crippen LogP contribution in [0.4, 0.5) is 5.69 Å². The average molecular weight is 482 g/mol. The van der Waals surface area contributed by atoms with Gasteiger partial charge >= 0.3 is 0 Å². The topological polar surface area (TPSA) is 81.1 Å². The third kappa shape index (κ3) is 4.10. The summed E-state index contributed by atoms with van der Waals surface area (Å²) in [5.74, 6) is -0.398. The molecule has 0 saturated heterocycles. The minimum absolute atomic E-state index is 0.114. The van der Waals surface area contributed by atoms with Gasteiger partial charge in [0.2, 0.25) is 5.91 Å². The number of amides is 1. The van der Waals surface area contributed by atoms with Crippen LogP contribution in [0, 0.1) is 0 Å². The molecule has 0 fully saturated rings. The van der Waals surface area contributed by atoms with Gasteiger partial charge in [0, 0.05) is 33.6 Å². The quantitative estimate of drug-likeness (QED) is 0.417. The van der Waals surface area contributed by atoms with E-state index in [2.05, 4.69) is 26.2 Å². The van der Waals surface area contributed by atoms with Crippen molar-refractivity contribution in [1.82, 2.24) is 9.55 Å². The van der Waals surface area contributed by atoms with Gasteiger partial charge in [-0.1, -0.05) is 28.1 Å². The number of rotatable bonds is 5. The van der Waals surface area contributed by atoms with E-state index in [-0.39, 0.29) is 23.8 Å². The molecule has 30 heavy (non-hydrogen) atoms. The van der Waals surface area contributed by atoms with Crippen LogP contribution >= 0.6 is 27.3 Å². The monoisotopic (exact) mass is 481 g/mol. The molecule has 1 N–H and O–H groups in total. The third-order valence-electron chi connectivity index (χ3n) is 4.56. The van der Waals surface area contributed by atoms with E-state index in [1.165, 1.54) is 29.2 Å². The lowest BCUT2D eigenvalue weighted by Crippen LogP contribution is -2.24. The number of ketones is 1. The summed E-state index contributed by atoms with van der Waals surface area (Å²) >= 11 is 4.82. The molecule has 0 aliphatic carbocycles. The summed E-state index contributed by atoms with van der Waals surface area (Å²) in [6.07, 6.45) is 1.41. The van der Waals surface area contributed by atoms with Crippen molar-refractivity contribution in [2.24, 2.45) is 0 Å². The number of fused-ring (bicyclic) bond motifs is 1. The predicted molar refractivity (Wildman–Crippen MR) is 122 cm³/mol. The molecule has 0 spiro atoms. The Kier molecular flexibility index (Phi) is 5.61. The van der Waals surface area contributed by atoms with Gasteiger partial charge < -0.3 is 5.32 Å². The first-order valence-electron chi connectivity index (χ1n) is 9.06. The highest BCUT2D eigenvalue weighted by atomic mass is 79.9. The van der Waals surface area contributed by atoms with Gasteiger partial charge in [-0.15, -0.1) is 11.3 Å². The molecule has 6 nitrogen and oxygen atoms in total. The number of benzene rings is 2. The second-order valence-electron chi connectivity index (χ2n) is 6.70. The Bertz CT molecular complexity index is 1310. The van der Waals surface area contributed by atoms with Gasteiger partial charge in [-0.05, 0) is 42.0 Å². The van der Waals surface area contributed by atoms with Crippen molar-refractivity contribution in [3.8, 4) is 11.1 Å². The highest BCUT2D eigenvalue weighted by Gasteiger charge is 2.15. The van der Waals surface area contributed by atoms with E-state index < -0.39 is 0 Å². The van der Waals surface area contributed by atoms with Crippen molar-refractivity contribution in [2.75, 3.05) is 5.32 Å². The summed E-state index contributed by atoms with van der Waals surface area (Å²) in [5, 5.41) is 5.08. The summed E-state index contributed by atoms with van der Waals surface area (Å²) in [7, 11) is 0. The Morgan fingerprint density at radius 3 is 2.47 bits per heavy atom. The molecule has 2 aromatic carbocycles. The minimum atomic E-state index is -0.248. The molecule has 0 aliphatic heterocycles. The van der Waals surface area contributed by atoms with E-state index in [0.29, 0.717) is 21.5 Å². The summed E-state index contributed by atoms with van der Waals surface area (Å²) in [6, 6.07) is 14.3. The second-order valence-corrected chi connectivity index (χ2v) is 8.47. The van der Waals surface area contributed by atoms with Crippen LogP contribution in [0.25, 0.3) is 21.3 Å². The van der Waals surface area contributed by atoms with Crippen LogP contribution in [-0.2, 0) is 11.3 Å². The highest BCUT2D eigenvalue weighted by Crippen LogP contribution is 2.31. The zero-order valence-corrected chi connectivity index (χ0v) is 18.3. The zero-order chi connectivity index (χ0) is 21.3. The molecule has 0 saturated carbocycles. The van der Waals surface area contributed by atoms with Gasteiger partial charge in [0.05, 0.1) is 18.3 Å². The number of halogens is 1. The van der Waals surface area contributed by atoms with Gasteiger partial charge in [0.15, 0.2) is 5.78 Å². The summed E-state index contributed by atoms with van der Waals surface area (Å²) in [5.41, 5.74) is 2.54. The molecule has 2 heterocycles. The largest absolute Gasteiger partial charge is 0.326 e. The molecule has 8 heteroatoms. The van der Waals surface area contributed by atoms with Gasteiger partial charge in [0.25, 0.3) is 5.56 Å². The van der Waals surface area contributed by atoms with Crippen molar-refractivity contribution >= 4 is 54.9 Å². The van der Waals surface area contributed by atoms with E-state index in [4.69, 9.17) is 0 Å². The Hall–Kier alpha value is -3.10. The number of thiophene rings is 1. The summed E-state index contributed by atoms with van der Waals surface area (Å²) < 4.78 is 2.29. The summed E-state index contributed by atoms with van der Waals surface area (Å²) in [6.45, 7) is 1.30. The maximum Gasteiger partial charge on any atom is 0.263 e. The maximum absolute atomic E-state index is 13.1. The number of Topliss-reactive ketones (excluding diaryl/α,β-unsaturated/α-hetero) is 1. The zero-order valence-electron chi connectivity index (χ0n) is 15.9. The number of hydrogen-bond donors (Lipinski definition) is 1. The van der Waals surface area contributed by atoms with Crippen LogP contribution < -0.4 is 10.9 Å². The minimum Gasteiger partial charge on any atom is -0.326 e. The fourth-order valence-electron chi connectivity index (χ4n) is 3.11. The Balaban J connectivity index is 1.65. The first-order valence-corrected chi connectivity index (χ1v) is 10.7. The second kappa shape index (κ2) is 8.33. The maximum atomic E-state index is 13.1.